The van der Waals surface area contributed by atoms with E-state index in [9.17, 15) is 32.7 Å². The summed E-state index contributed by atoms with van der Waals surface area (Å²) >= 11 is 0. The van der Waals surface area contributed by atoms with Crippen molar-refractivity contribution in [2.75, 3.05) is 31.5 Å². The number of nitrogens with one attached hydrogen (secondary N) is 1. The Morgan fingerprint density at radius 3 is 1.93 bits per heavy atom. The van der Waals surface area contributed by atoms with E-state index in [4.69, 9.17) is 4.74 Å². The zero-order valence-corrected chi connectivity index (χ0v) is 22.8. The second kappa shape index (κ2) is 11.5. The summed E-state index contributed by atoms with van der Waals surface area (Å²) in [6.45, 7) is 6.84. The number of halogens is 3. The number of phenolic OH excluding ortho intramolecular Hbond substituents is 1. The minimum atomic E-state index is -4.49. The molecule has 0 unspecified atom stereocenters. The summed E-state index contributed by atoms with van der Waals surface area (Å²) in [4.78, 5) is 41.3. The van der Waals surface area contributed by atoms with Gasteiger partial charge in [0.1, 0.15) is 11.4 Å². The molecule has 1 fully saturated rings. The van der Waals surface area contributed by atoms with Crippen LogP contribution in [-0.2, 0) is 10.9 Å². The molecule has 0 aliphatic carbocycles. The van der Waals surface area contributed by atoms with Gasteiger partial charge < -0.3 is 25.0 Å². The molecule has 2 N–H and O–H groups in total. The van der Waals surface area contributed by atoms with Gasteiger partial charge in [-0.15, -0.1) is 0 Å². The van der Waals surface area contributed by atoms with E-state index in [1.54, 1.807) is 54.8 Å². The molecule has 3 aromatic rings. The Morgan fingerprint density at radius 1 is 0.780 bits per heavy atom. The number of anilines is 1. The Morgan fingerprint density at radius 2 is 1.37 bits per heavy atom. The summed E-state index contributed by atoms with van der Waals surface area (Å²) in [6.07, 6.45) is -4.90. The maximum atomic E-state index is 13.0. The Bertz CT molecular complexity index is 1420. The van der Waals surface area contributed by atoms with Gasteiger partial charge in [-0.1, -0.05) is 12.1 Å². The third-order valence-electron chi connectivity index (χ3n) is 6.33. The Hall–Kier alpha value is -4.54. The highest BCUT2D eigenvalue weighted by Crippen LogP contribution is 2.30. The average molecular weight is 570 g/mol. The molecule has 0 aromatic heterocycles. The molecule has 1 aliphatic heterocycles. The van der Waals surface area contributed by atoms with Crippen LogP contribution in [-0.4, -0.2) is 64.6 Å². The topological polar surface area (TPSA) is 99.2 Å². The van der Waals surface area contributed by atoms with Crippen molar-refractivity contribution in [3.05, 3.63) is 83.4 Å². The minimum Gasteiger partial charge on any atom is -0.508 e. The Labute approximate surface area is 235 Å². The first-order chi connectivity index (χ1) is 19.2. The largest absolute Gasteiger partial charge is 0.508 e. The number of hydrogen-bond donors (Lipinski definition) is 2. The van der Waals surface area contributed by atoms with Crippen molar-refractivity contribution in [3.63, 3.8) is 0 Å². The maximum absolute atomic E-state index is 13.0. The molecule has 8 nitrogen and oxygen atoms in total. The second-order valence-electron chi connectivity index (χ2n) is 10.6. The third-order valence-corrected chi connectivity index (χ3v) is 6.33. The summed E-state index contributed by atoms with van der Waals surface area (Å²) < 4.78 is 43.8. The molecular formula is C30H30F3N3O5. The molecule has 41 heavy (non-hydrogen) atoms. The normalized spacial score (nSPS) is 14.0. The zero-order chi connectivity index (χ0) is 29.9. The van der Waals surface area contributed by atoms with Crippen molar-refractivity contribution in [1.82, 2.24) is 9.80 Å². The molecule has 11 heteroatoms. The van der Waals surface area contributed by atoms with Gasteiger partial charge in [0.15, 0.2) is 0 Å². The number of amides is 3. The number of hydrogen-bond acceptors (Lipinski definition) is 5. The highest BCUT2D eigenvalue weighted by molar-refractivity contribution is 6.05. The number of nitrogens with zero attached hydrogens (tertiary/aromatic N) is 2. The van der Waals surface area contributed by atoms with E-state index in [2.05, 4.69) is 5.32 Å². The molecule has 4 rings (SSSR count). The molecule has 0 atom stereocenters. The second-order valence-corrected chi connectivity index (χ2v) is 10.6. The van der Waals surface area contributed by atoms with Crippen LogP contribution in [0.25, 0.3) is 11.1 Å². The lowest BCUT2D eigenvalue weighted by molar-refractivity contribution is -0.137. The fourth-order valence-corrected chi connectivity index (χ4v) is 4.26. The van der Waals surface area contributed by atoms with E-state index in [1.807, 2.05) is 0 Å². The monoisotopic (exact) mass is 569 g/mol. The van der Waals surface area contributed by atoms with E-state index in [1.165, 1.54) is 18.2 Å². The molecule has 0 spiro atoms. The molecule has 3 amide bonds. The first-order valence-corrected chi connectivity index (χ1v) is 12.9. The Balaban J connectivity index is 1.41. The molecule has 1 aliphatic rings. The van der Waals surface area contributed by atoms with Crippen LogP contribution in [0.1, 0.15) is 47.1 Å². The third kappa shape index (κ3) is 7.56. The van der Waals surface area contributed by atoms with Gasteiger partial charge in [0.2, 0.25) is 0 Å². The summed E-state index contributed by atoms with van der Waals surface area (Å²) in [5.41, 5.74) is 0.423. The van der Waals surface area contributed by atoms with Gasteiger partial charge in [-0.3, -0.25) is 9.59 Å². The highest BCUT2D eigenvalue weighted by Gasteiger charge is 2.30. The van der Waals surface area contributed by atoms with Crippen molar-refractivity contribution >= 4 is 23.6 Å². The standard InChI is InChI=1S/C30H30F3N3O5/c1-29(2,3)41-28(40)36-14-12-35(13-15-36)27(39)20-6-4-19(5-7-20)21-16-22(18-25(37)17-21)26(38)34-24-10-8-23(9-11-24)30(31,32)33/h4-11,16-18,37H,12-15H2,1-3H3,(H,34,38). The predicted molar refractivity (Wildman–Crippen MR) is 147 cm³/mol. The van der Waals surface area contributed by atoms with Crippen LogP contribution in [0, 0.1) is 0 Å². The fourth-order valence-electron chi connectivity index (χ4n) is 4.26. The molecular weight excluding hydrogens is 539 g/mol. The van der Waals surface area contributed by atoms with Crippen molar-refractivity contribution in [1.29, 1.82) is 0 Å². The molecule has 0 saturated carbocycles. The molecule has 3 aromatic carbocycles. The van der Waals surface area contributed by atoms with E-state index in [0.717, 1.165) is 24.3 Å². The number of carbonyl (C=O) groups is 3. The lowest BCUT2D eigenvalue weighted by atomic mass is 10.0. The number of rotatable bonds is 4. The fraction of sp³-hybridized carbons (Fsp3) is 0.300. The smallest absolute Gasteiger partial charge is 0.416 e. The maximum Gasteiger partial charge on any atom is 0.416 e. The number of benzene rings is 3. The Kier molecular flexibility index (Phi) is 8.27. The molecule has 1 heterocycles. The number of ether oxygens (including phenoxy) is 1. The SMILES string of the molecule is CC(C)(C)OC(=O)N1CCN(C(=O)c2ccc(-c3cc(O)cc(C(=O)Nc4ccc(C(F)(F)F)cc4)c3)cc2)CC1. The van der Waals surface area contributed by atoms with Crippen molar-refractivity contribution in [3.8, 4) is 16.9 Å². The van der Waals surface area contributed by atoms with E-state index < -0.39 is 29.3 Å². The summed E-state index contributed by atoms with van der Waals surface area (Å²) in [6, 6.07) is 14.9. The first-order valence-electron chi connectivity index (χ1n) is 12.9. The van der Waals surface area contributed by atoms with Gasteiger partial charge in [-0.05, 0) is 86.5 Å². The van der Waals surface area contributed by atoms with Crippen LogP contribution in [0.15, 0.2) is 66.7 Å². The average Bonchev–Trinajstić information content (AvgIpc) is 2.91. The van der Waals surface area contributed by atoms with Crippen LogP contribution < -0.4 is 5.32 Å². The lowest BCUT2D eigenvalue weighted by Crippen LogP contribution is -2.51. The van der Waals surface area contributed by atoms with Crippen LogP contribution in [0.3, 0.4) is 0 Å². The van der Waals surface area contributed by atoms with E-state index in [-0.39, 0.29) is 22.9 Å². The predicted octanol–water partition coefficient (Wildman–Crippen LogP) is 6.02. The van der Waals surface area contributed by atoms with Crippen LogP contribution in [0.5, 0.6) is 5.75 Å². The zero-order valence-electron chi connectivity index (χ0n) is 22.8. The molecule has 0 bridgehead atoms. The molecule has 0 radical (unpaired) electrons. The molecule has 1 saturated heterocycles. The van der Waals surface area contributed by atoms with E-state index >= 15 is 0 Å². The van der Waals surface area contributed by atoms with Crippen LogP contribution >= 0.6 is 0 Å². The van der Waals surface area contributed by atoms with Gasteiger partial charge in [-0.25, -0.2) is 4.79 Å². The summed E-state index contributed by atoms with van der Waals surface area (Å²) in [5.74, 6) is -0.977. The van der Waals surface area contributed by atoms with Gasteiger partial charge in [0.25, 0.3) is 11.8 Å². The number of carbonyl (C=O) groups excluding carboxylic acids is 3. The molecule has 216 valence electrons. The summed E-state index contributed by atoms with van der Waals surface area (Å²) in [7, 11) is 0. The number of alkyl halides is 3. The number of piperazine rings is 1. The minimum absolute atomic E-state index is 0.0999. The number of phenols is 1. The number of aromatic hydroxyl groups is 1. The van der Waals surface area contributed by atoms with Crippen molar-refractivity contribution < 1.29 is 37.4 Å². The first kappa shape index (κ1) is 29.4. The van der Waals surface area contributed by atoms with Gasteiger partial charge >= 0.3 is 12.3 Å². The van der Waals surface area contributed by atoms with Crippen molar-refractivity contribution in [2.45, 2.75) is 32.5 Å². The van der Waals surface area contributed by atoms with Gasteiger partial charge in [0, 0.05) is 43.0 Å². The van der Waals surface area contributed by atoms with Crippen LogP contribution in [0.4, 0.5) is 23.7 Å². The van der Waals surface area contributed by atoms with Crippen LogP contribution in [0.2, 0.25) is 0 Å². The quantitative estimate of drug-likeness (QED) is 0.400. The highest BCUT2D eigenvalue weighted by atomic mass is 19.4. The lowest BCUT2D eigenvalue weighted by Gasteiger charge is -2.35. The van der Waals surface area contributed by atoms with E-state index in [0.29, 0.717) is 42.9 Å². The van der Waals surface area contributed by atoms with Crippen molar-refractivity contribution in [2.24, 2.45) is 0 Å². The van der Waals surface area contributed by atoms with Gasteiger partial charge in [-0.2, -0.15) is 13.2 Å². The van der Waals surface area contributed by atoms with Gasteiger partial charge in [0.05, 0.1) is 5.56 Å². The summed E-state index contributed by atoms with van der Waals surface area (Å²) in [5, 5.41) is 12.8.